The van der Waals surface area contributed by atoms with E-state index in [9.17, 15) is 0 Å². The third-order valence-electron chi connectivity index (χ3n) is 8.72. The summed E-state index contributed by atoms with van der Waals surface area (Å²) in [6, 6.07) is 52.8. The van der Waals surface area contributed by atoms with E-state index in [0.29, 0.717) is 5.84 Å². The summed E-state index contributed by atoms with van der Waals surface area (Å²) < 4.78 is 6.41. The fourth-order valence-electron chi connectivity index (χ4n) is 6.52. The van der Waals surface area contributed by atoms with Gasteiger partial charge in [0.2, 0.25) is 0 Å². The highest BCUT2D eigenvalue weighted by Crippen LogP contribution is 2.38. The van der Waals surface area contributed by atoms with Crippen LogP contribution in [0.5, 0.6) is 0 Å². The van der Waals surface area contributed by atoms with Crippen LogP contribution >= 0.6 is 0 Å². The summed E-state index contributed by atoms with van der Waals surface area (Å²) in [5, 5.41) is 10.8. The summed E-state index contributed by atoms with van der Waals surface area (Å²) >= 11 is 0. The highest BCUT2D eigenvalue weighted by atomic mass is 16.3. The molecule has 1 aliphatic rings. The van der Waals surface area contributed by atoms with Gasteiger partial charge in [0.25, 0.3) is 0 Å². The molecule has 1 aliphatic heterocycles. The van der Waals surface area contributed by atoms with Gasteiger partial charge < -0.3 is 9.73 Å². The Hall–Kier alpha value is -6.00. The Kier molecular flexibility index (Phi) is 5.85. The van der Waals surface area contributed by atoms with E-state index >= 15 is 0 Å². The topological polar surface area (TPSA) is 49.9 Å². The van der Waals surface area contributed by atoms with Crippen molar-refractivity contribution in [1.82, 2.24) is 5.32 Å². The van der Waals surface area contributed by atoms with Crippen LogP contribution in [0, 0.1) is 0 Å². The number of rotatable bonds is 4. The van der Waals surface area contributed by atoms with Crippen molar-refractivity contribution in [2.45, 2.75) is 6.17 Å². The second kappa shape index (κ2) is 10.3. The van der Waals surface area contributed by atoms with Crippen LogP contribution < -0.4 is 5.32 Å². The van der Waals surface area contributed by atoms with Gasteiger partial charge in [-0.2, -0.15) is 0 Å². The molecule has 0 bridgehead atoms. The van der Waals surface area contributed by atoms with Crippen LogP contribution in [-0.4, -0.2) is 11.7 Å². The van der Waals surface area contributed by atoms with Gasteiger partial charge in [-0.05, 0) is 56.9 Å². The van der Waals surface area contributed by atoms with E-state index in [1.165, 1.54) is 27.1 Å². The second-order valence-corrected chi connectivity index (χ2v) is 11.4. The molecule has 0 aliphatic carbocycles. The zero-order chi connectivity index (χ0) is 29.7. The Labute approximate surface area is 260 Å². The number of nitrogens with zero attached hydrogens (tertiary/aromatic N) is 2. The van der Waals surface area contributed by atoms with Gasteiger partial charge in [0.15, 0.2) is 5.84 Å². The van der Waals surface area contributed by atoms with Crippen molar-refractivity contribution in [3.8, 4) is 11.1 Å². The van der Waals surface area contributed by atoms with Crippen molar-refractivity contribution in [1.29, 1.82) is 0 Å². The van der Waals surface area contributed by atoms with Gasteiger partial charge in [-0.1, -0.05) is 127 Å². The van der Waals surface area contributed by atoms with Crippen LogP contribution in [0.25, 0.3) is 54.6 Å². The van der Waals surface area contributed by atoms with Crippen molar-refractivity contribution in [2.24, 2.45) is 9.98 Å². The lowest BCUT2D eigenvalue weighted by Gasteiger charge is -2.24. The number of hydrogen-bond donors (Lipinski definition) is 1. The Morgan fingerprint density at radius 1 is 0.489 bits per heavy atom. The quantitative estimate of drug-likeness (QED) is 0.212. The van der Waals surface area contributed by atoms with Crippen molar-refractivity contribution >= 4 is 55.2 Å². The number of amidine groups is 2. The van der Waals surface area contributed by atoms with Gasteiger partial charge in [0, 0.05) is 27.5 Å². The van der Waals surface area contributed by atoms with Gasteiger partial charge in [0.05, 0.1) is 0 Å². The maximum absolute atomic E-state index is 6.41. The first-order valence-corrected chi connectivity index (χ1v) is 15.2. The Bertz CT molecular complexity index is 2460. The molecule has 4 nitrogen and oxygen atoms in total. The normalized spacial score (nSPS) is 14.9. The summed E-state index contributed by atoms with van der Waals surface area (Å²) in [5.74, 6) is 1.50. The van der Waals surface area contributed by atoms with E-state index in [1.807, 2.05) is 48.5 Å². The van der Waals surface area contributed by atoms with Crippen molar-refractivity contribution < 1.29 is 4.42 Å². The first kappa shape index (κ1) is 25.5. The monoisotopic (exact) mass is 577 g/mol. The average molecular weight is 578 g/mol. The Balaban J connectivity index is 1.19. The fraction of sp³-hybridized carbons (Fsp3) is 0.0244. The lowest BCUT2D eigenvalue weighted by atomic mass is 9.96. The molecule has 8 aromatic rings. The summed E-state index contributed by atoms with van der Waals surface area (Å²) in [6.07, 6.45) is -0.352. The van der Waals surface area contributed by atoms with Crippen LogP contribution in [0.3, 0.4) is 0 Å². The summed E-state index contributed by atoms with van der Waals surface area (Å²) in [6.45, 7) is 0. The number of nitrogens with one attached hydrogen (secondary N) is 1. The van der Waals surface area contributed by atoms with E-state index in [-0.39, 0.29) is 6.17 Å². The maximum atomic E-state index is 6.41. The molecule has 2 heterocycles. The van der Waals surface area contributed by atoms with Crippen LogP contribution in [0.2, 0.25) is 0 Å². The predicted octanol–water partition coefficient (Wildman–Crippen LogP) is 10.1. The smallest absolute Gasteiger partial charge is 0.159 e. The van der Waals surface area contributed by atoms with Gasteiger partial charge in [-0.25, -0.2) is 9.98 Å². The van der Waals surface area contributed by atoms with Crippen LogP contribution in [0.15, 0.2) is 166 Å². The van der Waals surface area contributed by atoms with Crippen molar-refractivity contribution in [2.75, 3.05) is 0 Å². The summed E-state index contributed by atoms with van der Waals surface area (Å²) in [7, 11) is 0. The summed E-state index contributed by atoms with van der Waals surface area (Å²) in [4.78, 5) is 10.1. The largest absolute Gasteiger partial charge is 0.456 e. The van der Waals surface area contributed by atoms with Crippen molar-refractivity contribution in [3.63, 3.8) is 0 Å². The zero-order valence-electron chi connectivity index (χ0n) is 24.3. The molecule has 0 fully saturated rings. The third-order valence-corrected chi connectivity index (χ3v) is 8.72. The average Bonchev–Trinajstić information content (AvgIpc) is 3.50. The standard InChI is InChI=1S/C41H27N3O/c1-3-11-27(12-4-1)39-42-40(28-13-5-2-6-14-28)44-41(43-39)34-16-9-17-37-38(34)35-25-30(21-23-36(35)45-37)29-20-22-33-31(24-29)19-18-26-10-7-8-15-32(26)33/h1-25,41H,(H,42,43,44). The van der Waals surface area contributed by atoms with Crippen LogP contribution in [0.4, 0.5) is 0 Å². The minimum Gasteiger partial charge on any atom is -0.456 e. The highest BCUT2D eigenvalue weighted by molar-refractivity contribution is 6.14. The van der Waals surface area contributed by atoms with Crippen LogP contribution in [-0.2, 0) is 0 Å². The van der Waals surface area contributed by atoms with Crippen LogP contribution in [0.1, 0.15) is 22.9 Å². The molecule has 1 atom stereocenters. The number of fused-ring (bicyclic) bond motifs is 6. The fourth-order valence-corrected chi connectivity index (χ4v) is 6.52. The van der Waals surface area contributed by atoms with Crippen molar-refractivity contribution in [3.05, 3.63) is 168 Å². The Morgan fingerprint density at radius 2 is 1.20 bits per heavy atom. The minimum atomic E-state index is -0.352. The van der Waals surface area contributed by atoms with Gasteiger partial charge in [-0.15, -0.1) is 0 Å². The SMILES string of the molecule is c1ccc(C2=NC(c3cccc4oc5ccc(-c6ccc7c(ccc8ccccc87)c6)cc5c34)NC(c3ccccc3)=N2)cc1. The number of hydrogen-bond acceptors (Lipinski definition) is 4. The molecule has 0 saturated carbocycles. The van der Waals surface area contributed by atoms with E-state index in [4.69, 9.17) is 14.4 Å². The lowest BCUT2D eigenvalue weighted by Crippen LogP contribution is -2.33. The zero-order valence-corrected chi connectivity index (χ0v) is 24.3. The minimum absolute atomic E-state index is 0.352. The molecule has 1 aromatic heterocycles. The number of furan rings is 1. The first-order chi connectivity index (χ1) is 22.3. The number of benzene rings is 7. The van der Waals surface area contributed by atoms with E-state index < -0.39 is 0 Å². The molecular formula is C41H27N3O. The third kappa shape index (κ3) is 4.38. The van der Waals surface area contributed by atoms with Gasteiger partial charge >= 0.3 is 0 Å². The molecule has 212 valence electrons. The molecule has 0 amide bonds. The van der Waals surface area contributed by atoms with Gasteiger partial charge in [-0.3, -0.25) is 0 Å². The first-order valence-electron chi connectivity index (χ1n) is 15.2. The van der Waals surface area contributed by atoms with Gasteiger partial charge in [0.1, 0.15) is 23.2 Å². The number of aliphatic imine (C=N–C) groups is 2. The predicted molar refractivity (Wildman–Crippen MR) is 186 cm³/mol. The molecular weight excluding hydrogens is 550 g/mol. The Morgan fingerprint density at radius 3 is 2.07 bits per heavy atom. The molecule has 4 heteroatoms. The highest BCUT2D eigenvalue weighted by Gasteiger charge is 2.24. The van der Waals surface area contributed by atoms with E-state index in [1.54, 1.807) is 0 Å². The van der Waals surface area contributed by atoms with E-state index in [2.05, 4.69) is 108 Å². The molecule has 1 unspecified atom stereocenters. The molecule has 7 aromatic carbocycles. The van der Waals surface area contributed by atoms with E-state index in [0.717, 1.165) is 50.0 Å². The second-order valence-electron chi connectivity index (χ2n) is 11.4. The summed E-state index contributed by atoms with van der Waals surface area (Å²) in [5.41, 5.74) is 7.05. The molecule has 0 spiro atoms. The molecule has 9 rings (SSSR count). The molecule has 0 saturated heterocycles. The molecule has 0 radical (unpaired) electrons. The molecule has 45 heavy (non-hydrogen) atoms. The maximum Gasteiger partial charge on any atom is 0.159 e. The lowest BCUT2D eigenvalue weighted by molar-refractivity contribution is 0.662. The molecule has 1 N–H and O–H groups in total.